The van der Waals surface area contributed by atoms with Crippen molar-refractivity contribution in [3.8, 4) is 0 Å². The van der Waals surface area contributed by atoms with Gasteiger partial charge in [0.25, 0.3) is 5.91 Å². The van der Waals surface area contributed by atoms with Crippen molar-refractivity contribution in [1.82, 2.24) is 20.9 Å². The third-order valence-electron chi connectivity index (χ3n) is 5.86. The fraction of sp³-hybridized carbons (Fsp3) is 0.571. The van der Waals surface area contributed by atoms with Gasteiger partial charge in [-0.05, 0) is 50.4 Å². The molecule has 4 rings (SSSR count). The summed E-state index contributed by atoms with van der Waals surface area (Å²) in [5.74, 6) is -0.784. The first-order valence-electron chi connectivity index (χ1n) is 10.2. The molecule has 0 aliphatic carbocycles. The normalized spacial score (nSPS) is 26.0. The van der Waals surface area contributed by atoms with Gasteiger partial charge in [0.2, 0.25) is 11.8 Å². The molecule has 3 aliphatic heterocycles. The number of ether oxygens (including phenoxy) is 1. The van der Waals surface area contributed by atoms with E-state index >= 15 is 0 Å². The van der Waals surface area contributed by atoms with Crippen LogP contribution in [-0.2, 0) is 27.4 Å². The Balaban J connectivity index is 1.36. The SMILES string of the molecule is CC1(C)N[C@@H](CCNCc2cccc3c2CN(C2CCC(=O)NC2=O)C3=O)CO1. The van der Waals surface area contributed by atoms with Crippen molar-refractivity contribution in [2.24, 2.45) is 0 Å². The van der Waals surface area contributed by atoms with Gasteiger partial charge >= 0.3 is 0 Å². The number of rotatable bonds is 6. The van der Waals surface area contributed by atoms with Gasteiger partial charge in [0.15, 0.2) is 0 Å². The number of benzene rings is 1. The molecule has 1 unspecified atom stereocenters. The highest BCUT2D eigenvalue weighted by Crippen LogP contribution is 2.29. The van der Waals surface area contributed by atoms with Crippen molar-refractivity contribution in [2.45, 2.75) is 64.0 Å². The molecule has 29 heavy (non-hydrogen) atoms. The van der Waals surface area contributed by atoms with Gasteiger partial charge in [0.05, 0.1) is 6.61 Å². The van der Waals surface area contributed by atoms with Gasteiger partial charge in [0, 0.05) is 31.1 Å². The Labute approximate surface area is 170 Å². The second-order valence-electron chi connectivity index (χ2n) is 8.47. The van der Waals surface area contributed by atoms with E-state index in [-0.39, 0.29) is 29.9 Å². The predicted molar refractivity (Wildman–Crippen MR) is 106 cm³/mol. The van der Waals surface area contributed by atoms with Crippen LogP contribution in [-0.4, -0.2) is 53.6 Å². The van der Waals surface area contributed by atoms with Crippen LogP contribution in [0.4, 0.5) is 0 Å². The Morgan fingerprint density at radius 1 is 1.28 bits per heavy atom. The summed E-state index contributed by atoms with van der Waals surface area (Å²) in [5, 5.41) is 9.25. The first-order valence-corrected chi connectivity index (χ1v) is 10.2. The van der Waals surface area contributed by atoms with Crippen molar-refractivity contribution in [3.05, 3.63) is 34.9 Å². The Hall–Kier alpha value is -2.29. The van der Waals surface area contributed by atoms with E-state index in [1.54, 1.807) is 4.90 Å². The summed E-state index contributed by atoms with van der Waals surface area (Å²) >= 11 is 0. The third kappa shape index (κ3) is 4.19. The van der Waals surface area contributed by atoms with E-state index in [0.717, 1.165) is 24.1 Å². The van der Waals surface area contributed by atoms with E-state index in [2.05, 4.69) is 16.0 Å². The summed E-state index contributed by atoms with van der Waals surface area (Å²) in [6, 6.07) is 5.48. The van der Waals surface area contributed by atoms with E-state index in [1.165, 1.54) is 0 Å². The summed E-state index contributed by atoms with van der Waals surface area (Å²) in [7, 11) is 0. The molecule has 2 saturated heterocycles. The lowest BCUT2D eigenvalue weighted by Crippen LogP contribution is -2.52. The number of nitrogens with one attached hydrogen (secondary N) is 3. The number of fused-ring (bicyclic) bond motifs is 1. The lowest BCUT2D eigenvalue weighted by Gasteiger charge is -2.29. The summed E-state index contributed by atoms with van der Waals surface area (Å²) < 4.78 is 5.69. The highest BCUT2D eigenvalue weighted by atomic mass is 16.5. The Bertz CT molecular complexity index is 838. The van der Waals surface area contributed by atoms with E-state index < -0.39 is 6.04 Å². The number of carbonyl (C=O) groups excluding carboxylic acids is 3. The van der Waals surface area contributed by atoms with Gasteiger partial charge in [-0.2, -0.15) is 0 Å². The van der Waals surface area contributed by atoms with Gasteiger partial charge < -0.3 is 15.0 Å². The topological polar surface area (TPSA) is 99.8 Å². The molecule has 0 aromatic heterocycles. The maximum atomic E-state index is 12.9. The molecule has 3 amide bonds. The summed E-state index contributed by atoms with van der Waals surface area (Å²) in [4.78, 5) is 38.1. The van der Waals surface area contributed by atoms with Crippen LogP contribution in [0.2, 0.25) is 0 Å². The van der Waals surface area contributed by atoms with Gasteiger partial charge in [-0.25, -0.2) is 0 Å². The van der Waals surface area contributed by atoms with Crippen LogP contribution in [0.1, 0.15) is 54.6 Å². The largest absolute Gasteiger partial charge is 0.360 e. The number of nitrogens with zero attached hydrogens (tertiary/aromatic N) is 1. The lowest BCUT2D eigenvalue weighted by atomic mass is 10.0. The predicted octanol–water partition coefficient (Wildman–Crippen LogP) is 0.652. The van der Waals surface area contributed by atoms with Crippen molar-refractivity contribution in [3.63, 3.8) is 0 Å². The molecule has 3 heterocycles. The van der Waals surface area contributed by atoms with Crippen molar-refractivity contribution >= 4 is 17.7 Å². The minimum Gasteiger partial charge on any atom is -0.360 e. The summed E-state index contributed by atoms with van der Waals surface area (Å²) in [6.45, 7) is 6.68. The Morgan fingerprint density at radius 2 is 2.10 bits per heavy atom. The molecule has 0 saturated carbocycles. The van der Waals surface area contributed by atoms with Crippen molar-refractivity contribution in [1.29, 1.82) is 0 Å². The molecule has 2 fully saturated rings. The van der Waals surface area contributed by atoms with Crippen LogP contribution in [0.3, 0.4) is 0 Å². The van der Waals surface area contributed by atoms with Gasteiger partial charge in [0.1, 0.15) is 11.8 Å². The minimum atomic E-state index is -0.579. The highest BCUT2D eigenvalue weighted by Gasteiger charge is 2.39. The number of hydrogen-bond acceptors (Lipinski definition) is 6. The molecule has 0 spiro atoms. The molecule has 3 N–H and O–H groups in total. The van der Waals surface area contributed by atoms with Gasteiger partial charge in [-0.1, -0.05) is 12.1 Å². The second kappa shape index (κ2) is 7.85. The lowest BCUT2D eigenvalue weighted by molar-refractivity contribution is -0.136. The molecule has 1 aromatic rings. The molecule has 156 valence electrons. The number of imide groups is 1. The molecular formula is C21H28N4O4. The van der Waals surface area contributed by atoms with Crippen LogP contribution in [0.25, 0.3) is 0 Å². The monoisotopic (exact) mass is 400 g/mol. The van der Waals surface area contributed by atoms with Gasteiger partial charge in [-0.3, -0.25) is 25.0 Å². The molecule has 3 aliphatic rings. The molecule has 0 bridgehead atoms. The van der Waals surface area contributed by atoms with Crippen LogP contribution in [0.15, 0.2) is 18.2 Å². The molecule has 2 atom stereocenters. The molecule has 8 heteroatoms. The second-order valence-corrected chi connectivity index (χ2v) is 8.47. The number of hydrogen-bond donors (Lipinski definition) is 3. The first kappa shape index (κ1) is 20.0. The third-order valence-corrected chi connectivity index (χ3v) is 5.86. The maximum Gasteiger partial charge on any atom is 0.255 e. The summed E-state index contributed by atoms with van der Waals surface area (Å²) in [6.07, 6.45) is 1.60. The molecule has 8 nitrogen and oxygen atoms in total. The Kier molecular flexibility index (Phi) is 5.42. The van der Waals surface area contributed by atoms with Crippen LogP contribution >= 0.6 is 0 Å². The summed E-state index contributed by atoms with van der Waals surface area (Å²) in [5.41, 5.74) is 2.44. The molecular weight excluding hydrogens is 372 g/mol. The average molecular weight is 400 g/mol. The van der Waals surface area contributed by atoms with Crippen molar-refractivity contribution in [2.75, 3.05) is 13.2 Å². The first-order chi connectivity index (χ1) is 13.8. The fourth-order valence-electron chi connectivity index (χ4n) is 4.35. The number of amides is 3. The molecule has 1 aromatic carbocycles. The number of piperidine rings is 1. The standard InChI is InChI=1S/C21H28N4O4/c1-21(2)24-14(12-29-21)8-9-22-10-13-4-3-5-15-16(13)11-25(20(15)28)17-6-7-18(26)23-19(17)27/h3-5,14,17,22,24H,6-12H2,1-2H3,(H,23,26,27)/t14-,17?/m0/s1. The van der Waals surface area contributed by atoms with E-state index in [9.17, 15) is 14.4 Å². The fourth-order valence-corrected chi connectivity index (χ4v) is 4.35. The zero-order valence-corrected chi connectivity index (χ0v) is 16.9. The van der Waals surface area contributed by atoms with Gasteiger partial charge in [-0.15, -0.1) is 0 Å². The van der Waals surface area contributed by atoms with E-state index in [1.807, 2.05) is 32.0 Å². The van der Waals surface area contributed by atoms with Crippen LogP contribution < -0.4 is 16.0 Å². The highest BCUT2D eigenvalue weighted by molar-refractivity contribution is 6.05. The average Bonchev–Trinajstić information content (AvgIpc) is 3.19. The maximum absolute atomic E-state index is 12.9. The number of carbonyl (C=O) groups is 3. The van der Waals surface area contributed by atoms with Crippen LogP contribution in [0.5, 0.6) is 0 Å². The zero-order chi connectivity index (χ0) is 20.6. The molecule has 0 radical (unpaired) electrons. The van der Waals surface area contributed by atoms with E-state index in [4.69, 9.17) is 4.74 Å². The van der Waals surface area contributed by atoms with E-state index in [0.29, 0.717) is 37.7 Å². The Morgan fingerprint density at radius 3 is 2.83 bits per heavy atom. The van der Waals surface area contributed by atoms with Crippen molar-refractivity contribution < 1.29 is 19.1 Å². The smallest absolute Gasteiger partial charge is 0.255 e. The van der Waals surface area contributed by atoms with Crippen LogP contribution in [0, 0.1) is 0 Å². The zero-order valence-electron chi connectivity index (χ0n) is 16.9. The quantitative estimate of drug-likeness (QED) is 0.479. The minimum absolute atomic E-state index is 0.133.